The van der Waals surface area contributed by atoms with Crippen molar-refractivity contribution in [2.24, 2.45) is 7.05 Å². The average molecular weight is 438 g/mol. The third kappa shape index (κ3) is 4.13. The number of hydrogen-bond donors (Lipinski definition) is 1. The van der Waals surface area contributed by atoms with Crippen LogP contribution in [0.15, 0.2) is 6.20 Å². The van der Waals surface area contributed by atoms with Crippen LogP contribution in [-0.4, -0.2) is 75.2 Å². The number of hydrogen-bond acceptors (Lipinski definition) is 6. The Morgan fingerprint density at radius 3 is 2.50 bits per heavy atom. The number of halogens is 4. The van der Waals surface area contributed by atoms with Crippen molar-refractivity contribution in [3.05, 3.63) is 12.0 Å². The van der Waals surface area contributed by atoms with Crippen LogP contribution in [0.5, 0.6) is 0 Å². The number of carbonyl (C=O) groups is 1. The normalized spacial score (nSPS) is 21.4. The van der Waals surface area contributed by atoms with Gasteiger partial charge in [0.05, 0.1) is 24.2 Å². The number of fused-ring (bicyclic) bond motifs is 1. The molecule has 0 bridgehead atoms. The molecule has 1 unspecified atom stereocenters. The predicted molar refractivity (Wildman–Crippen MR) is 106 cm³/mol. The second-order valence-corrected chi connectivity index (χ2v) is 6.91. The van der Waals surface area contributed by atoms with Crippen LogP contribution in [0.25, 0.3) is 11.0 Å². The zero-order valence-electron chi connectivity index (χ0n) is 15.6. The standard InChI is InChI=1S/C16H21F2N7O.2ClH/c1-10-21-13-11(8-20-23(13)2)14(22-10)24-3-5-25(6-4-24)15(26)12-7-16(17,18)9-19-12;;/h8,12,19H,3-7,9H2,1-2H3;2*1H. The second-order valence-electron chi connectivity index (χ2n) is 6.91. The van der Waals surface area contributed by atoms with E-state index in [9.17, 15) is 13.6 Å². The topological polar surface area (TPSA) is 79.2 Å². The Morgan fingerprint density at radius 2 is 1.89 bits per heavy atom. The summed E-state index contributed by atoms with van der Waals surface area (Å²) in [6, 6.07) is -0.789. The lowest BCUT2D eigenvalue weighted by molar-refractivity contribution is -0.134. The van der Waals surface area contributed by atoms with Gasteiger partial charge in [0.1, 0.15) is 11.6 Å². The molecule has 1 N–H and O–H groups in total. The van der Waals surface area contributed by atoms with E-state index in [4.69, 9.17) is 0 Å². The van der Waals surface area contributed by atoms with Crippen LogP contribution in [0.3, 0.4) is 0 Å². The van der Waals surface area contributed by atoms with E-state index in [1.807, 2.05) is 14.0 Å². The maximum Gasteiger partial charge on any atom is 0.262 e. The Morgan fingerprint density at radius 1 is 1.21 bits per heavy atom. The van der Waals surface area contributed by atoms with Crippen molar-refractivity contribution in [2.75, 3.05) is 37.6 Å². The molecule has 8 nitrogen and oxygen atoms in total. The molecule has 28 heavy (non-hydrogen) atoms. The number of aryl methyl sites for hydroxylation is 2. The van der Waals surface area contributed by atoms with Gasteiger partial charge in [-0.1, -0.05) is 0 Å². The Balaban J connectivity index is 0.00000140. The quantitative estimate of drug-likeness (QED) is 0.759. The lowest BCUT2D eigenvalue weighted by Gasteiger charge is -2.36. The molecule has 0 saturated carbocycles. The largest absolute Gasteiger partial charge is 0.352 e. The van der Waals surface area contributed by atoms with E-state index in [-0.39, 0.29) is 30.7 Å². The highest BCUT2D eigenvalue weighted by Crippen LogP contribution is 2.27. The van der Waals surface area contributed by atoms with Crippen molar-refractivity contribution in [1.82, 2.24) is 30.0 Å². The summed E-state index contributed by atoms with van der Waals surface area (Å²) in [5.74, 6) is -1.58. The number of aromatic nitrogens is 4. The third-order valence-corrected chi connectivity index (χ3v) is 4.98. The molecule has 2 aliphatic rings. The van der Waals surface area contributed by atoms with E-state index < -0.39 is 24.9 Å². The fraction of sp³-hybridized carbons (Fsp3) is 0.625. The second kappa shape index (κ2) is 8.30. The molecule has 4 heterocycles. The number of alkyl halides is 2. The van der Waals surface area contributed by atoms with E-state index in [1.165, 1.54) is 0 Å². The number of anilines is 1. The van der Waals surface area contributed by atoms with E-state index in [2.05, 4.69) is 25.3 Å². The van der Waals surface area contributed by atoms with Gasteiger partial charge in [-0.05, 0) is 6.92 Å². The molecule has 1 atom stereocenters. The molecular weight excluding hydrogens is 415 g/mol. The molecule has 2 saturated heterocycles. The van der Waals surface area contributed by atoms with Gasteiger partial charge in [0.2, 0.25) is 5.91 Å². The molecule has 2 aromatic heterocycles. The summed E-state index contributed by atoms with van der Waals surface area (Å²) in [6.07, 6.45) is 1.32. The summed E-state index contributed by atoms with van der Waals surface area (Å²) < 4.78 is 28.4. The van der Waals surface area contributed by atoms with Crippen LogP contribution < -0.4 is 10.2 Å². The molecule has 2 fully saturated rings. The van der Waals surface area contributed by atoms with Crippen LogP contribution >= 0.6 is 24.8 Å². The number of nitrogens with one attached hydrogen (secondary N) is 1. The van der Waals surface area contributed by atoms with E-state index in [0.29, 0.717) is 32.0 Å². The van der Waals surface area contributed by atoms with Crippen LogP contribution in [0.4, 0.5) is 14.6 Å². The number of amides is 1. The highest BCUT2D eigenvalue weighted by molar-refractivity contribution is 5.87. The summed E-state index contributed by atoms with van der Waals surface area (Å²) in [5, 5.41) is 7.75. The van der Waals surface area contributed by atoms with E-state index in [1.54, 1.807) is 15.8 Å². The number of nitrogens with zero attached hydrogens (tertiary/aromatic N) is 6. The van der Waals surface area contributed by atoms with Gasteiger partial charge in [0, 0.05) is 39.6 Å². The summed E-state index contributed by atoms with van der Waals surface area (Å²) in [4.78, 5) is 25.2. The lowest BCUT2D eigenvalue weighted by Crippen LogP contribution is -2.53. The summed E-state index contributed by atoms with van der Waals surface area (Å²) in [7, 11) is 1.83. The number of rotatable bonds is 2. The first-order valence-electron chi connectivity index (χ1n) is 8.65. The molecule has 1 amide bonds. The van der Waals surface area contributed by atoms with Crippen molar-refractivity contribution < 1.29 is 13.6 Å². The Kier molecular flexibility index (Phi) is 6.67. The van der Waals surface area contributed by atoms with E-state index >= 15 is 0 Å². The fourth-order valence-electron chi connectivity index (χ4n) is 3.60. The smallest absolute Gasteiger partial charge is 0.262 e. The predicted octanol–water partition coefficient (Wildman–Crippen LogP) is 1.16. The Labute approximate surface area is 173 Å². The van der Waals surface area contributed by atoms with E-state index in [0.717, 1.165) is 16.9 Å². The van der Waals surface area contributed by atoms with Gasteiger partial charge in [-0.2, -0.15) is 5.10 Å². The lowest BCUT2D eigenvalue weighted by atomic mass is 10.1. The minimum absolute atomic E-state index is 0. The first kappa shape index (κ1) is 22.5. The van der Waals surface area contributed by atoms with Crippen molar-refractivity contribution >= 4 is 47.6 Å². The van der Waals surface area contributed by atoms with Crippen LogP contribution in [0.2, 0.25) is 0 Å². The first-order valence-corrected chi connectivity index (χ1v) is 8.65. The maximum atomic E-state index is 13.3. The molecule has 0 radical (unpaired) electrons. The summed E-state index contributed by atoms with van der Waals surface area (Å²) >= 11 is 0. The minimum Gasteiger partial charge on any atom is -0.352 e. The van der Waals surface area contributed by atoms with Crippen molar-refractivity contribution in [1.29, 1.82) is 0 Å². The van der Waals surface area contributed by atoms with Crippen molar-refractivity contribution in [3.8, 4) is 0 Å². The summed E-state index contributed by atoms with van der Waals surface area (Å²) in [6.45, 7) is 3.55. The number of piperazine rings is 1. The highest BCUT2D eigenvalue weighted by atomic mass is 35.5. The molecule has 4 rings (SSSR count). The average Bonchev–Trinajstić information content (AvgIpc) is 3.16. The van der Waals surface area contributed by atoms with Crippen LogP contribution in [0, 0.1) is 6.92 Å². The Hall–Kier alpha value is -1.78. The maximum absolute atomic E-state index is 13.3. The Bertz CT molecular complexity index is 855. The molecule has 2 aliphatic heterocycles. The molecule has 0 aliphatic carbocycles. The van der Waals surface area contributed by atoms with Gasteiger partial charge in [-0.15, -0.1) is 24.8 Å². The van der Waals surface area contributed by atoms with Gasteiger partial charge in [-0.25, -0.2) is 18.7 Å². The van der Waals surface area contributed by atoms with Gasteiger partial charge in [-0.3, -0.25) is 14.8 Å². The molecule has 0 spiro atoms. The molecule has 156 valence electrons. The zero-order chi connectivity index (χ0) is 18.5. The first-order chi connectivity index (χ1) is 12.3. The number of carbonyl (C=O) groups excluding carboxylic acids is 1. The molecule has 2 aromatic rings. The van der Waals surface area contributed by atoms with Crippen molar-refractivity contribution in [3.63, 3.8) is 0 Å². The van der Waals surface area contributed by atoms with Gasteiger partial charge >= 0.3 is 0 Å². The van der Waals surface area contributed by atoms with Crippen LogP contribution in [0.1, 0.15) is 12.2 Å². The van der Waals surface area contributed by atoms with Gasteiger partial charge in [0.25, 0.3) is 5.92 Å². The van der Waals surface area contributed by atoms with Crippen LogP contribution in [-0.2, 0) is 11.8 Å². The monoisotopic (exact) mass is 437 g/mol. The highest BCUT2D eigenvalue weighted by Gasteiger charge is 2.43. The molecule has 12 heteroatoms. The SMILES string of the molecule is Cc1nc(N2CCN(C(=O)C3CC(F)(F)CN3)CC2)c2cnn(C)c2n1.Cl.Cl. The molecule has 0 aromatic carbocycles. The van der Waals surface area contributed by atoms with Crippen molar-refractivity contribution in [2.45, 2.75) is 25.3 Å². The molecular formula is C16H23Cl2F2N7O. The summed E-state index contributed by atoms with van der Waals surface area (Å²) in [5.41, 5.74) is 0.767. The third-order valence-electron chi connectivity index (χ3n) is 4.98. The minimum atomic E-state index is -2.80. The fourth-order valence-corrected chi connectivity index (χ4v) is 3.60. The van der Waals surface area contributed by atoms with Gasteiger partial charge in [0.15, 0.2) is 5.65 Å². The van der Waals surface area contributed by atoms with Gasteiger partial charge < -0.3 is 9.80 Å². The zero-order valence-corrected chi connectivity index (χ0v) is 17.2.